The third kappa shape index (κ3) is 4.23. The number of halogens is 18. The summed E-state index contributed by atoms with van der Waals surface area (Å²) >= 11 is 0. The van der Waals surface area contributed by atoms with E-state index in [0.29, 0.717) is 0 Å². The summed E-state index contributed by atoms with van der Waals surface area (Å²) in [5, 5.41) is 0. The summed E-state index contributed by atoms with van der Waals surface area (Å²) in [6.45, 7) is 0. The molecule has 0 bridgehead atoms. The number of hydrogen-bond acceptors (Lipinski definition) is 3. The van der Waals surface area contributed by atoms with Crippen molar-refractivity contribution in [3.05, 3.63) is 0 Å². The van der Waals surface area contributed by atoms with Gasteiger partial charge in [0.05, 0.1) is 0 Å². The molecule has 0 aromatic heterocycles. The number of hydrogen-bond donors (Lipinski definition) is 0. The lowest BCUT2D eigenvalue weighted by Crippen LogP contribution is -2.71. The van der Waals surface area contributed by atoms with Crippen molar-refractivity contribution in [2.24, 2.45) is 0 Å². The highest BCUT2D eigenvalue weighted by Crippen LogP contribution is 2.57. The molecule has 180 valence electrons. The lowest BCUT2D eigenvalue weighted by molar-refractivity contribution is -0.463. The van der Waals surface area contributed by atoms with E-state index in [-0.39, 0.29) is 0 Å². The van der Waals surface area contributed by atoms with Crippen LogP contribution in [0.3, 0.4) is 0 Å². The highest BCUT2D eigenvalue weighted by molar-refractivity contribution is 5.62. The van der Waals surface area contributed by atoms with E-state index in [0.717, 1.165) is 0 Å². The maximum atomic E-state index is 12.4. The van der Waals surface area contributed by atoms with Crippen molar-refractivity contribution >= 4 is 6.16 Å². The Labute approximate surface area is 149 Å². The Hall–Kier alpha value is -1.99. The molecule has 0 spiro atoms. The van der Waals surface area contributed by atoms with Crippen molar-refractivity contribution < 1.29 is 93.3 Å². The molecule has 0 aliphatic rings. The summed E-state index contributed by atoms with van der Waals surface area (Å²) in [5.74, 6) is 0. The molecule has 21 heteroatoms. The van der Waals surface area contributed by atoms with Crippen LogP contribution in [0.25, 0.3) is 0 Å². The van der Waals surface area contributed by atoms with Gasteiger partial charge < -0.3 is 9.47 Å². The molecule has 0 aromatic rings. The van der Waals surface area contributed by atoms with Gasteiger partial charge in [-0.1, -0.05) is 0 Å². The fourth-order valence-corrected chi connectivity index (χ4v) is 1.58. The summed E-state index contributed by atoms with van der Waals surface area (Å²) in [4.78, 5) is 10.7. The molecule has 0 radical (unpaired) electrons. The number of ether oxygens (including phenoxy) is 2. The summed E-state index contributed by atoms with van der Waals surface area (Å²) in [7, 11) is 0. The molecule has 3 nitrogen and oxygen atoms in total. The summed E-state index contributed by atoms with van der Waals surface area (Å²) < 4.78 is 227. The Morgan fingerprint density at radius 1 is 0.367 bits per heavy atom. The molecular formula is C9F18O3. The molecule has 0 amide bonds. The van der Waals surface area contributed by atoms with Crippen LogP contribution in [0.15, 0.2) is 0 Å². The number of carbonyl (C=O) groups is 1. The van der Waals surface area contributed by atoms with Gasteiger partial charge in [-0.3, -0.25) is 0 Å². The van der Waals surface area contributed by atoms with Crippen LogP contribution in [0.4, 0.5) is 83.8 Å². The Balaban J connectivity index is 6.78. The first-order valence-electron chi connectivity index (χ1n) is 5.92. The second-order valence-electron chi connectivity index (χ2n) is 4.80. The standard InChI is InChI=1S/C9F18O3/c10-4(11,12)2(5(13,14)15,6(16,17)18)29-1(28)30-3(7(19,20)21,8(22,23)24)9(25,26)27. The highest BCUT2D eigenvalue weighted by Gasteiger charge is 2.90. The second-order valence-corrected chi connectivity index (χ2v) is 4.80. The molecule has 30 heavy (non-hydrogen) atoms. The smallest absolute Gasteiger partial charge is 0.399 e. The SMILES string of the molecule is O=C(OC(C(F)(F)F)(C(F)(F)F)C(F)(F)F)OC(C(F)(F)F)(C(F)(F)F)C(F)(F)F. The minimum Gasteiger partial charge on any atom is -0.399 e. The van der Waals surface area contributed by atoms with Gasteiger partial charge in [0.15, 0.2) is 0 Å². The molecule has 0 aliphatic heterocycles. The molecule has 0 heterocycles. The monoisotopic (exact) mass is 498 g/mol. The summed E-state index contributed by atoms with van der Waals surface area (Å²) in [5.41, 5.74) is -15.7. The molecule has 0 unspecified atom stereocenters. The quantitative estimate of drug-likeness (QED) is 0.347. The van der Waals surface area contributed by atoms with E-state index in [2.05, 4.69) is 0 Å². The molecule has 0 rings (SSSR count). The average Bonchev–Trinajstić information content (AvgIpc) is 2.33. The van der Waals surface area contributed by atoms with Crippen molar-refractivity contribution in [1.82, 2.24) is 0 Å². The summed E-state index contributed by atoms with van der Waals surface area (Å²) in [6, 6.07) is 0. The molecule has 0 saturated heterocycles. The Morgan fingerprint density at radius 2 is 0.500 bits per heavy atom. The predicted octanol–water partition coefficient (Wildman–Crippen LogP) is 5.99. The van der Waals surface area contributed by atoms with E-state index < -0.39 is 54.4 Å². The third-order valence-electron chi connectivity index (χ3n) is 2.87. The average molecular weight is 498 g/mol. The van der Waals surface area contributed by atoms with Gasteiger partial charge >= 0.3 is 54.4 Å². The number of carbonyl (C=O) groups excluding carboxylic acids is 1. The van der Waals surface area contributed by atoms with Crippen molar-refractivity contribution in [3.8, 4) is 0 Å². The van der Waals surface area contributed by atoms with Crippen molar-refractivity contribution in [1.29, 1.82) is 0 Å². The minimum absolute atomic E-state index is 1.64. The molecule has 0 atom stereocenters. The van der Waals surface area contributed by atoms with E-state index in [9.17, 15) is 83.8 Å². The van der Waals surface area contributed by atoms with Gasteiger partial charge in [-0.25, -0.2) is 4.79 Å². The van der Waals surface area contributed by atoms with Crippen molar-refractivity contribution in [2.45, 2.75) is 48.3 Å². The Morgan fingerprint density at radius 3 is 0.600 bits per heavy atom. The van der Waals surface area contributed by atoms with Gasteiger partial charge in [0.25, 0.3) is 0 Å². The zero-order valence-electron chi connectivity index (χ0n) is 12.5. The van der Waals surface area contributed by atoms with Crippen LogP contribution >= 0.6 is 0 Å². The molecular weight excluding hydrogens is 498 g/mol. The van der Waals surface area contributed by atoms with Gasteiger partial charge in [0.1, 0.15) is 0 Å². The zero-order chi connectivity index (χ0) is 25.0. The second kappa shape index (κ2) is 7.02. The van der Waals surface area contributed by atoms with E-state index in [1.807, 2.05) is 0 Å². The van der Waals surface area contributed by atoms with Crippen LogP contribution in [0.1, 0.15) is 0 Å². The van der Waals surface area contributed by atoms with E-state index in [1.54, 1.807) is 9.47 Å². The van der Waals surface area contributed by atoms with E-state index in [4.69, 9.17) is 0 Å². The lowest BCUT2D eigenvalue weighted by atomic mass is 10.0. The van der Waals surface area contributed by atoms with Gasteiger partial charge in [-0.2, -0.15) is 79.0 Å². The first-order chi connectivity index (χ1) is 12.6. The van der Waals surface area contributed by atoms with Crippen LogP contribution in [0, 0.1) is 0 Å². The largest absolute Gasteiger partial charge is 0.511 e. The lowest BCUT2D eigenvalue weighted by Gasteiger charge is -2.40. The minimum atomic E-state index is -7.89. The van der Waals surface area contributed by atoms with Gasteiger partial charge in [-0.15, -0.1) is 0 Å². The number of alkyl halides is 18. The first-order valence-corrected chi connectivity index (χ1v) is 5.92. The molecule has 0 aromatic carbocycles. The summed E-state index contributed by atoms with van der Waals surface area (Å²) in [6.07, 6.45) is -52.2. The van der Waals surface area contributed by atoms with Gasteiger partial charge in [0.2, 0.25) is 0 Å². The van der Waals surface area contributed by atoms with Crippen LogP contribution < -0.4 is 0 Å². The zero-order valence-corrected chi connectivity index (χ0v) is 12.5. The number of rotatable bonds is 2. The molecule has 0 saturated carbocycles. The maximum absolute atomic E-state index is 12.4. The fourth-order valence-electron chi connectivity index (χ4n) is 1.58. The van der Waals surface area contributed by atoms with Gasteiger partial charge in [-0.05, 0) is 0 Å². The van der Waals surface area contributed by atoms with Crippen LogP contribution in [-0.2, 0) is 9.47 Å². The Bertz CT molecular complexity index is 498. The third-order valence-corrected chi connectivity index (χ3v) is 2.87. The maximum Gasteiger partial charge on any atom is 0.511 e. The van der Waals surface area contributed by atoms with Crippen molar-refractivity contribution in [3.63, 3.8) is 0 Å². The van der Waals surface area contributed by atoms with E-state index in [1.165, 1.54) is 0 Å². The van der Waals surface area contributed by atoms with E-state index >= 15 is 0 Å². The molecule has 0 aliphatic carbocycles. The Kier molecular flexibility index (Phi) is 6.56. The van der Waals surface area contributed by atoms with Crippen molar-refractivity contribution in [2.75, 3.05) is 0 Å². The van der Waals surface area contributed by atoms with Crippen LogP contribution in [0.2, 0.25) is 0 Å². The highest BCUT2D eigenvalue weighted by atomic mass is 19.4. The first kappa shape index (κ1) is 28.0. The predicted molar refractivity (Wildman–Crippen MR) is 49.4 cm³/mol. The topological polar surface area (TPSA) is 35.5 Å². The normalized spacial score (nSPS) is 15.8. The fraction of sp³-hybridized carbons (Fsp3) is 0.889. The van der Waals surface area contributed by atoms with Gasteiger partial charge in [0, 0.05) is 0 Å². The molecule has 0 fully saturated rings. The van der Waals surface area contributed by atoms with Crippen LogP contribution in [-0.4, -0.2) is 54.4 Å². The molecule has 0 N–H and O–H groups in total. The van der Waals surface area contributed by atoms with Crippen LogP contribution in [0.5, 0.6) is 0 Å².